The van der Waals surface area contributed by atoms with Gasteiger partial charge in [0.15, 0.2) is 0 Å². The molecule has 23 heavy (non-hydrogen) atoms. The summed E-state index contributed by atoms with van der Waals surface area (Å²) in [4.78, 5) is 22.7. The van der Waals surface area contributed by atoms with Gasteiger partial charge in [0.05, 0.1) is 5.56 Å². The van der Waals surface area contributed by atoms with Crippen LogP contribution in [0.3, 0.4) is 0 Å². The second-order valence-corrected chi connectivity index (χ2v) is 4.50. The summed E-state index contributed by atoms with van der Waals surface area (Å²) in [5, 5.41) is 13.7. The van der Waals surface area contributed by atoms with Gasteiger partial charge in [0.2, 0.25) is 0 Å². The number of benzene rings is 2. The summed E-state index contributed by atoms with van der Waals surface area (Å²) in [6, 6.07) is 11.0. The van der Waals surface area contributed by atoms with E-state index in [1.807, 2.05) is 0 Å². The van der Waals surface area contributed by atoms with Crippen LogP contribution in [-0.4, -0.2) is 23.1 Å². The van der Waals surface area contributed by atoms with E-state index < -0.39 is 18.0 Å². The molecule has 0 aromatic heterocycles. The molecule has 0 saturated carbocycles. The number of anilines is 2. The number of nitrogens with one attached hydrogen (secondary N) is 2. The van der Waals surface area contributed by atoms with E-state index in [0.29, 0.717) is 5.69 Å². The fraction of sp³-hybridized carbons (Fsp3) is 0.0667. The smallest absolute Gasteiger partial charge is 0.471 e. The Morgan fingerprint density at radius 3 is 1.91 bits per heavy atom. The Kier molecular flexibility index (Phi) is 4.54. The molecule has 5 nitrogen and oxygen atoms in total. The Morgan fingerprint density at radius 2 is 1.39 bits per heavy atom. The number of halogens is 3. The van der Waals surface area contributed by atoms with Crippen LogP contribution in [0.1, 0.15) is 10.4 Å². The zero-order valence-corrected chi connectivity index (χ0v) is 11.5. The minimum Gasteiger partial charge on any atom is -0.507 e. The van der Waals surface area contributed by atoms with Crippen LogP contribution in [0.2, 0.25) is 0 Å². The first-order chi connectivity index (χ1) is 10.8. The molecule has 0 aliphatic rings. The molecule has 120 valence electrons. The molecule has 0 bridgehead atoms. The van der Waals surface area contributed by atoms with E-state index in [1.54, 1.807) is 17.4 Å². The quantitative estimate of drug-likeness (QED) is 0.811. The van der Waals surface area contributed by atoms with Gasteiger partial charge in [0.25, 0.3) is 5.91 Å². The average molecular weight is 324 g/mol. The fourth-order valence-corrected chi connectivity index (χ4v) is 1.70. The average Bonchev–Trinajstić information content (AvgIpc) is 2.48. The Labute approximate surface area is 128 Å². The van der Waals surface area contributed by atoms with E-state index in [1.165, 1.54) is 36.4 Å². The van der Waals surface area contributed by atoms with Crippen molar-refractivity contribution in [3.63, 3.8) is 0 Å². The van der Waals surface area contributed by atoms with Gasteiger partial charge >= 0.3 is 12.1 Å². The van der Waals surface area contributed by atoms with Crippen molar-refractivity contribution in [1.82, 2.24) is 0 Å². The lowest BCUT2D eigenvalue weighted by atomic mass is 10.2. The number of phenols is 1. The number of amides is 2. The van der Waals surface area contributed by atoms with Crippen LogP contribution < -0.4 is 10.6 Å². The van der Waals surface area contributed by atoms with Crippen molar-refractivity contribution in [3.8, 4) is 5.75 Å². The van der Waals surface area contributed by atoms with Crippen molar-refractivity contribution in [2.45, 2.75) is 6.18 Å². The van der Waals surface area contributed by atoms with Crippen molar-refractivity contribution in [2.24, 2.45) is 0 Å². The van der Waals surface area contributed by atoms with Gasteiger partial charge < -0.3 is 15.7 Å². The molecule has 3 N–H and O–H groups in total. The number of phenolic OH excluding ortho intramolecular Hbond substituents is 1. The zero-order valence-electron chi connectivity index (χ0n) is 11.5. The van der Waals surface area contributed by atoms with Crippen LogP contribution in [0.15, 0.2) is 48.5 Å². The molecule has 0 atom stereocenters. The number of hydrogen-bond donors (Lipinski definition) is 3. The van der Waals surface area contributed by atoms with Gasteiger partial charge in [0.1, 0.15) is 5.75 Å². The number of carbonyl (C=O) groups is 2. The lowest BCUT2D eigenvalue weighted by Crippen LogP contribution is -2.29. The summed E-state index contributed by atoms with van der Waals surface area (Å²) in [6.45, 7) is 0. The van der Waals surface area contributed by atoms with Gasteiger partial charge in [-0.2, -0.15) is 13.2 Å². The van der Waals surface area contributed by atoms with Crippen LogP contribution >= 0.6 is 0 Å². The molecule has 0 unspecified atom stereocenters. The van der Waals surface area contributed by atoms with E-state index in [2.05, 4.69) is 5.32 Å². The van der Waals surface area contributed by atoms with Crippen LogP contribution in [0, 0.1) is 0 Å². The number of hydrogen-bond acceptors (Lipinski definition) is 3. The van der Waals surface area contributed by atoms with E-state index >= 15 is 0 Å². The van der Waals surface area contributed by atoms with Gasteiger partial charge in [-0.25, -0.2) is 0 Å². The first-order valence-electron chi connectivity index (χ1n) is 6.35. The Balaban J connectivity index is 2.05. The zero-order chi connectivity index (χ0) is 17.0. The summed E-state index contributed by atoms with van der Waals surface area (Å²) < 4.78 is 36.4. The normalized spacial score (nSPS) is 10.9. The van der Waals surface area contributed by atoms with E-state index in [4.69, 9.17) is 0 Å². The molecule has 2 rings (SSSR count). The largest absolute Gasteiger partial charge is 0.507 e. The molecule has 2 amide bonds. The second-order valence-electron chi connectivity index (χ2n) is 4.50. The number of carbonyl (C=O) groups excluding carboxylic acids is 2. The maximum absolute atomic E-state index is 12.1. The third-order valence-corrected chi connectivity index (χ3v) is 2.81. The van der Waals surface area contributed by atoms with Crippen LogP contribution in [0.4, 0.5) is 24.5 Å². The molecule has 0 aliphatic carbocycles. The number of alkyl halides is 3. The van der Waals surface area contributed by atoms with Crippen molar-refractivity contribution >= 4 is 23.2 Å². The minimum absolute atomic E-state index is 0.0574. The molecule has 8 heteroatoms. The van der Waals surface area contributed by atoms with E-state index in [9.17, 15) is 27.9 Å². The molecule has 0 aliphatic heterocycles. The van der Waals surface area contributed by atoms with Gasteiger partial charge in [-0.05, 0) is 36.4 Å². The minimum atomic E-state index is -4.97. The first kappa shape index (κ1) is 16.3. The summed E-state index contributed by atoms with van der Waals surface area (Å²) in [5.74, 6) is -2.85. The summed E-state index contributed by atoms with van der Waals surface area (Å²) >= 11 is 0. The highest BCUT2D eigenvalue weighted by Gasteiger charge is 2.38. The molecular weight excluding hydrogens is 313 g/mol. The van der Waals surface area contributed by atoms with Crippen molar-refractivity contribution in [1.29, 1.82) is 0 Å². The molecule has 0 saturated heterocycles. The van der Waals surface area contributed by atoms with Crippen LogP contribution in [0.25, 0.3) is 0 Å². The summed E-state index contributed by atoms with van der Waals surface area (Å²) in [6.07, 6.45) is -4.97. The van der Waals surface area contributed by atoms with Crippen molar-refractivity contribution in [3.05, 3.63) is 54.1 Å². The van der Waals surface area contributed by atoms with Crippen molar-refractivity contribution in [2.75, 3.05) is 10.6 Å². The molecule has 0 spiro atoms. The third-order valence-electron chi connectivity index (χ3n) is 2.81. The maximum atomic E-state index is 12.1. The topological polar surface area (TPSA) is 78.4 Å². The van der Waals surface area contributed by atoms with Crippen LogP contribution in [-0.2, 0) is 4.79 Å². The number of aromatic hydroxyl groups is 1. The third kappa shape index (κ3) is 4.22. The molecular formula is C15H11F3N2O3. The van der Waals surface area contributed by atoms with Crippen LogP contribution in [0.5, 0.6) is 5.75 Å². The van der Waals surface area contributed by atoms with Crippen molar-refractivity contribution < 1.29 is 27.9 Å². The monoisotopic (exact) mass is 324 g/mol. The molecule has 0 heterocycles. The number of para-hydroxylation sites is 1. The Bertz CT molecular complexity index is 727. The lowest BCUT2D eigenvalue weighted by Gasteiger charge is -2.09. The first-order valence-corrected chi connectivity index (χ1v) is 6.35. The highest BCUT2D eigenvalue weighted by Crippen LogP contribution is 2.21. The van der Waals surface area contributed by atoms with Gasteiger partial charge in [-0.3, -0.25) is 9.59 Å². The predicted molar refractivity (Wildman–Crippen MR) is 77.2 cm³/mol. The second kappa shape index (κ2) is 6.39. The Morgan fingerprint density at radius 1 is 0.870 bits per heavy atom. The number of rotatable bonds is 3. The van der Waals surface area contributed by atoms with Gasteiger partial charge in [-0.1, -0.05) is 12.1 Å². The highest BCUT2D eigenvalue weighted by molar-refractivity contribution is 6.06. The fourth-order valence-electron chi connectivity index (χ4n) is 1.70. The van der Waals surface area contributed by atoms with Gasteiger partial charge in [0, 0.05) is 11.4 Å². The summed E-state index contributed by atoms with van der Waals surface area (Å²) in [7, 11) is 0. The van der Waals surface area contributed by atoms with Gasteiger partial charge in [-0.15, -0.1) is 0 Å². The van der Waals surface area contributed by atoms with E-state index in [-0.39, 0.29) is 17.0 Å². The SMILES string of the molecule is O=C(Nc1ccc(NC(=O)C(F)(F)F)cc1)c1ccccc1O. The summed E-state index contributed by atoms with van der Waals surface area (Å²) in [5.41, 5.74) is 0.290. The molecule has 0 fully saturated rings. The molecule has 2 aromatic carbocycles. The molecule has 0 radical (unpaired) electrons. The Hall–Kier alpha value is -3.03. The standard InChI is InChI=1S/C15H11F3N2O3/c16-15(17,18)14(23)20-10-7-5-9(6-8-10)19-13(22)11-3-1-2-4-12(11)21/h1-8,21H,(H,19,22)(H,20,23). The maximum Gasteiger partial charge on any atom is 0.471 e. The van der Waals surface area contributed by atoms with E-state index in [0.717, 1.165) is 0 Å². The molecule has 2 aromatic rings. The highest BCUT2D eigenvalue weighted by atomic mass is 19.4. The lowest BCUT2D eigenvalue weighted by molar-refractivity contribution is -0.167. The predicted octanol–water partition coefficient (Wildman–Crippen LogP) is 3.15.